The van der Waals surface area contributed by atoms with Crippen LogP contribution in [0.4, 0.5) is 0 Å². The van der Waals surface area contributed by atoms with Gasteiger partial charge in [-0.3, -0.25) is 18.6 Å². The van der Waals surface area contributed by atoms with Gasteiger partial charge in [0.1, 0.15) is 19.8 Å². The van der Waals surface area contributed by atoms with Crippen molar-refractivity contribution in [2.24, 2.45) is 0 Å². The number of quaternary nitrogens is 1. The Labute approximate surface area is 356 Å². The SMILES string of the molecule is CCCCC/C=C/C/C=C/C/C=C/C/C=C/CCCC(=O)OC[C@H](COP(=O)(O)OCC[N+](C)(C)C)OC(=O)CCCCCCCCCCC/C=C/CCCCCC. The number of esters is 2. The minimum Gasteiger partial charge on any atom is -0.462 e. The molecule has 0 spiro atoms. The summed E-state index contributed by atoms with van der Waals surface area (Å²) in [6.45, 7) is 4.31. The van der Waals surface area contributed by atoms with Gasteiger partial charge < -0.3 is 18.9 Å². The van der Waals surface area contributed by atoms with E-state index in [4.69, 9.17) is 18.5 Å². The number of phosphoric acid groups is 1. The number of unbranched alkanes of at least 4 members (excludes halogenated alkanes) is 17. The van der Waals surface area contributed by atoms with Crippen LogP contribution in [0.25, 0.3) is 0 Å². The molecule has 0 fully saturated rings. The zero-order valence-electron chi connectivity index (χ0n) is 37.8. The Hall–Kier alpha value is -2.29. The average molecular weight is 837 g/mol. The first kappa shape index (κ1) is 55.7. The first-order valence-electron chi connectivity index (χ1n) is 23.0. The Morgan fingerprint density at radius 2 is 0.948 bits per heavy atom. The topological polar surface area (TPSA) is 108 Å². The molecule has 0 heterocycles. The first-order valence-corrected chi connectivity index (χ1v) is 24.5. The predicted octanol–water partition coefficient (Wildman–Crippen LogP) is 13.2. The molecular weight excluding hydrogens is 750 g/mol. The maximum absolute atomic E-state index is 12.7. The van der Waals surface area contributed by atoms with E-state index in [0.717, 1.165) is 44.9 Å². The lowest BCUT2D eigenvalue weighted by molar-refractivity contribution is -0.870. The number of phosphoric ester groups is 1. The number of likely N-dealkylation sites (N-methyl/N-ethyl adjacent to an activating group) is 1. The second-order valence-corrected chi connectivity index (χ2v) is 17.9. The molecule has 58 heavy (non-hydrogen) atoms. The van der Waals surface area contributed by atoms with Crippen LogP contribution in [-0.4, -0.2) is 74.9 Å². The lowest BCUT2D eigenvalue weighted by Crippen LogP contribution is -2.37. The lowest BCUT2D eigenvalue weighted by Gasteiger charge is -2.24. The second-order valence-electron chi connectivity index (χ2n) is 16.4. The number of carbonyl (C=O) groups is 2. The third-order valence-electron chi connectivity index (χ3n) is 9.52. The highest BCUT2D eigenvalue weighted by molar-refractivity contribution is 7.47. The average Bonchev–Trinajstić information content (AvgIpc) is 3.17. The van der Waals surface area contributed by atoms with E-state index >= 15 is 0 Å². The van der Waals surface area contributed by atoms with Crippen molar-refractivity contribution < 1.29 is 42.1 Å². The van der Waals surface area contributed by atoms with Crippen molar-refractivity contribution in [3.8, 4) is 0 Å². The number of allylic oxidation sites excluding steroid dienone is 10. The van der Waals surface area contributed by atoms with E-state index in [0.29, 0.717) is 23.9 Å². The summed E-state index contributed by atoms with van der Waals surface area (Å²) in [6, 6.07) is 0. The van der Waals surface area contributed by atoms with Crippen molar-refractivity contribution in [3.63, 3.8) is 0 Å². The van der Waals surface area contributed by atoms with Crippen LogP contribution in [0.2, 0.25) is 0 Å². The largest absolute Gasteiger partial charge is 0.472 e. The van der Waals surface area contributed by atoms with Gasteiger partial charge in [0.15, 0.2) is 6.10 Å². The minimum atomic E-state index is -4.39. The predicted molar refractivity (Wildman–Crippen MR) is 243 cm³/mol. The number of rotatable bonds is 41. The molecule has 0 saturated heterocycles. The standard InChI is InChI=1S/C48H86NO8P/c1-6-8-10-12-14-16-18-20-22-24-26-28-30-32-34-36-38-40-47(50)54-44-46(45-56-58(52,53)55-43-42-49(3,4)5)57-48(51)41-39-37-35-33-31-29-27-25-23-21-19-17-15-13-11-9-7-2/h14,16-17,19-20,22,26,28,32,34,46H,6-13,15,18,21,23-25,27,29-31,33,35-45H2,1-5H3/p+1/b16-14+,19-17+,22-20+,28-26+,34-32+/t46-/m1/s1. The fourth-order valence-corrected chi connectivity index (χ4v) is 6.62. The molecule has 9 nitrogen and oxygen atoms in total. The van der Waals surface area contributed by atoms with E-state index in [-0.39, 0.29) is 26.1 Å². The maximum atomic E-state index is 12.7. The summed E-state index contributed by atoms with van der Waals surface area (Å²) in [7, 11) is 1.44. The number of hydrogen-bond donors (Lipinski definition) is 1. The first-order chi connectivity index (χ1) is 28.0. The molecule has 0 aromatic rings. The highest BCUT2D eigenvalue weighted by Crippen LogP contribution is 2.43. The van der Waals surface area contributed by atoms with Crippen molar-refractivity contribution in [1.82, 2.24) is 0 Å². The Kier molecular flexibility index (Phi) is 38.5. The maximum Gasteiger partial charge on any atom is 0.472 e. The summed E-state index contributed by atoms with van der Waals surface area (Å²) >= 11 is 0. The van der Waals surface area contributed by atoms with Crippen molar-refractivity contribution in [2.75, 3.05) is 47.5 Å². The normalized spacial score (nSPS) is 14.1. The fourth-order valence-electron chi connectivity index (χ4n) is 5.88. The van der Waals surface area contributed by atoms with Gasteiger partial charge in [-0.25, -0.2) is 4.57 Å². The van der Waals surface area contributed by atoms with Crippen LogP contribution in [0.5, 0.6) is 0 Å². The van der Waals surface area contributed by atoms with Gasteiger partial charge in [-0.2, -0.15) is 0 Å². The number of ether oxygens (including phenoxy) is 2. The van der Waals surface area contributed by atoms with E-state index in [1.165, 1.54) is 96.3 Å². The third-order valence-corrected chi connectivity index (χ3v) is 10.5. The molecule has 0 saturated carbocycles. The van der Waals surface area contributed by atoms with Crippen molar-refractivity contribution in [3.05, 3.63) is 60.8 Å². The van der Waals surface area contributed by atoms with E-state index in [2.05, 4.69) is 74.6 Å². The van der Waals surface area contributed by atoms with Gasteiger partial charge in [0.2, 0.25) is 0 Å². The Balaban J connectivity index is 4.43. The summed E-state index contributed by atoms with van der Waals surface area (Å²) in [5.74, 6) is -0.868. The summed E-state index contributed by atoms with van der Waals surface area (Å²) in [4.78, 5) is 35.4. The van der Waals surface area contributed by atoms with Gasteiger partial charge in [-0.15, -0.1) is 0 Å². The summed E-state index contributed by atoms with van der Waals surface area (Å²) in [6.07, 6.45) is 48.4. The quantitative estimate of drug-likeness (QED) is 0.0213. The van der Waals surface area contributed by atoms with Gasteiger partial charge in [0, 0.05) is 12.8 Å². The van der Waals surface area contributed by atoms with Crippen LogP contribution >= 0.6 is 7.82 Å². The van der Waals surface area contributed by atoms with Crippen LogP contribution < -0.4 is 0 Å². The monoisotopic (exact) mass is 837 g/mol. The summed E-state index contributed by atoms with van der Waals surface area (Å²) in [5, 5.41) is 0. The molecule has 1 unspecified atom stereocenters. The third kappa shape index (κ3) is 43.3. The summed E-state index contributed by atoms with van der Waals surface area (Å²) < 4.78 is 34.3. The van der Waals surface area contributed by atoms with Gasteiger partial charge in [0.25, 0.3) is 0 Å². The van der Waals surface area contributed by atoms with Gasteiger partial charge >= 0.3 is 19.8 Å². The smallest absolute Gasteiger partial charge is 0.462 e. The molecule has 2 atom stereocenters. The number of hydrogen-bond acceptors (Lipinski definition) is 7. The Bertz CT molecular complexity index is 1170. The lowest BCUT2D eigenvalue weighted by atomic mass is 10.1. The molecule has 0 aromatic heterocycles. The molecular formula is C48H87NO8P+. The molecule has 10 heteroatoms. The van der Waals surface area contributed by atoms with E-state index in [1.54, 1.807) is 0 Å². The highest BCUT2D eigenvalue weighted by atomic mass is 31.2. The Morgan fingerprint density at radius 1 is 0.534 bits per heavy atom. The van der Waals surface area contributed by atoms with Crippen LogP contribution in [0, 0.1) is 0 Å². The molecule has 0 radical (unpaired) electrons. The molecule has 0 aliphatic rings. The van der Waals surface area contributed by atoms with Crippen molar-refractivity contribution in [1.29, 1.82) is 0 Å². The Morgan fingerprint density at radius 3 is 1.48 bits per heavy atom. The molecule has 1 N–H and O–H groups in total. The number of carbonyl (C=O) groups excluding carboxylic acids is 2. The highest BCUT2D eigenvalue weighted by Gasteiger charge is 2.27. The molecule has 0 amide bonds. The van der Waals surface area contributed by atoms with Gasteiger partial charge in [0.05, 0.1) is 27.7 Å². The van der Waals surface area contributed by atoms with E-state index in [1.807, 2.05) is 21.1 Å². The van der Waals surface area contributed by atoms with Crippen LogP contribution in [-0.2, 0) is 32.7 Å². The van der Waals surface area contributed by atoms with Crippen LogP contribution in [0.3, 0.4) is 0 Å². The van der Waals surface area contributed by atoms with E-state index < -0.39 is 32.5 Å². The molecule has 336 valence electrons. The zero-order chi connectivity index (χ0) is 42.8. The molecule has 0 bridgehead atoms. The zero-order valence-corrected chi connectivity index (χ0v) is 38.7. The van der Waals surface area contributed by atoms with Gasteiger partial charge in [-0.1, -0.05) is 152 Å². The molecule has 0 aliphatic heterocycles. The fraction of sp³-hybridized carbons (Fsp3) is 0.750. The van der Waals surface area contributed by atoms with Crippen molar-refractivity contribution in [2.45, 2.75) is 187 Å². The number of nitrogens with zero attached hydrogens (tertiary/aromatic N) is 1. The second kappa shape index (κ2) is 40.1. The van der Waals surface area contributed by atoms with Crippen LogP contribution in [0.15, 0.2) is 60.8 Å². The minimum absolute atomic E-state index is 0.0209. The van der Waals surface area contributed by atoms with Gasteiger partial charge in [-0.05, 0) is 77.0 Å². The molecule has 0 aromatic carbocycles. The van der Waals surface area contributed by atoms with E-state index in [9.17, 15) is 19.0 Å². The molecule has 0 aliphatic carbocycles. The van der Waals surface area contributed by atoms with Crippen molar-refractivity contribution >= 4 is 19.8 Å². The summed E-state index contributed by atoms with van der Waals surface area (Å²) in [5.41, 5.74) is 0. The van der Waals surface area contributed by atoms with Crippen LogP contribution in [0.1, 0.15) is 181 Å². The molecule has 0 rings (SSSR count).